The molecule has 3 N–H and O–H groups in total. The summed E-state index contributed by atoms with van der Waals surface area (Å²) in [4.78, 5) is 13.7. The number of aromatic nitrogens is 1. The molecule has 1 atom stereocenters. The van der Waals surface area contributed by atoms with Crippen LogP contribution >= 0.6 is 0 Å². The van der Waals surface area contributed by atoms with E-state index in [1.54, 1.807) is 6.07 Å². The zero-order valence-electron chi connectivity index (χ0n) is 7.49. The van der Waals surface area contributed by atoms with Gasteiger partial charge in [0.05, 0.1) is 0 Å². The van der Waals surface area contributed by atoms with Crippen molar-refractivity contribution in [1.29, 1.82) is 0 Å². The third-order valence-corrected chi connectivity index (χ3v) is 2.47. The molecule has 2 rings (SSSR count). The first kappa shape index (κ1) is 8.51. The zero-order chi connectivity index (χ0) is 9.26. The summed E-state index contributed by atoms with van der Waals surface area (Å²) < 4.78 is 0. The molecule has 1 saturated carbocycles. The Morgan fingerprint density at radius 1 is 1.54 bits per heavy atom. The Morgan fingerprint density at radius 3 is 2.92 bits per heavy atom. The van der Waals surface area contributed by atoms with Gasteiger partial charge >= 0.3 is 0 Å². The molecule has 0 aromatic carbocycles. The van der Waals surface area contributed by atoms with E-state index >= 15 is 0 Å². The lowest BCUT2D eigenvalue weighted by Gasteiger charge is -2.09. The highest BCUT2D eigenvalue weighted by atomic mass is 16.1. The lowest BCUT2D eigenvalue weighted by molar-refractivity contribution is 0.582. The lowest BCUT2D eigenvalue weighted by atomic mass is 10.1. The molecule has 0 bridgehead atoms. The van der Waals surface area contributed by atoms with Crippen LogP contribution in [0.1, 0.15) is 31.0 Å². The molecule has 1 aliphatic carbocycles. The quantitative estimate of drug-likeness (QED) is 0.730. The third-order valence-electron chi connectivity index (χ3n) is 2.47. The topological polar surface area (TPSA) is 58.9 Å². The smallest absolute Gasteiger partial charge is 0.248 e. The SMILES string of the molecule is N[C@H](CC1CC1)c1cccc(=O)[nH]1. The second kappa shape index (κ2) is 3.34. The largest absolute Gasteiger partial charge is 0.325 e. The summed E-state index contributed by atoms with van der Waals surface area (Å²) >= 11 is 0. The molecule has 0 amide bonds. The number of hydrogen-bond donors (Lipinski definition) is 2. The average molecular weight is 178 g/mol. The van der Waals surface area contributed by atoms with Crippen molar-refractivity contribution in [2.75, 3.05) is 0 Å². The molecule has 3 heteroatoms. The number of H-pyrrole nitrogens is 1. The Labute approximate surface area is 77.0 Å². The van der Waals surface area contributed by atoms with E-state index in [0.29, 0.717) is 0 Å². The maximum absolute atomic E-state index is 11.0. The highest BCUT2D eigenvalue weighted by Crippen LogP contribution is 2.36. The molecule has 0 radical (unpaired) electrons. The molecule has 3 nitrogen and oxygen atoms in total. The fourth-order valence-electron chi connectivity index (χ4n) is 1.52. The van der Waals surface area contributed by atoms with Crippen LogP contribution in [0.3, 0.4) is 0 Å². The zero-order valence-corrected chi connectivity index (χ0v) is 7.49. The van der Waals surface area contributed by atoms with Crippen LogP contribution < -0.4 is 11.3 Å². The van der Waals surface area contributed by atoms with Gasteiger partial charge in [-0.2, -0.15) is 0 Å². The lowest BCUT2D eigenvalue weighted by Crippen LogP contribution is -2.17. The van der Waals surface area contributed by atoms with Gasteiger partial charge in [0.2, 0.25) is 5.56 Å². The predicted molar refractivity (Wildman–Crippen MR) is 51.3 cm³/mol. The number of aromatic amines is 1. The van der Waals surface area contributed by atoms with Crippen LogP contribution in [0.2, 0.25) is 0 Å². The first-order valence-electron chi connectivity index (χ1n) is 4.70. The van der Waals surface area contributed by atoms with Gasteiger partial charge in [0.15, 0.2) is 0 Å². The summed E-state index contributed by atoms with van der Waals surface area (Å²) in [6.07, 6.45) is 3.59. The van der Waals surface area contributed by atoms with Gasteiger partial charge in [-0.15, -0.1) is 0 Å². The maximum atomic E-state index is 11.0. The van der Waals surface area contributed by atoms with Crippen molar-refractivity contribution in [3.05, 3.63) is 34.2 Å². The number of pyridine rings is 1. The Morgan fingerprint density at radius 2 is 2.31 bits per heavy atom. The summed E-state index contributed by atoms with van der Waals surface area (Å²) in [5.41, 5.74) is 6.73. The van der Waals surface area contributed by atoms with Crippen molar-refractivity contribution in [3.8, 4) is 0 Å². The standard InChI is InChI=1S/C10H14N2O/c11-8(6-7-4-5-7)9-2-1-3-10(13)12-9/h1-3,7-8H,4-6,11H2,(H,12,13)/t8-/m1/s1. The molecule has 1 aromatic rings. The Bertz CT molecular complexity index is 341. The monoisotopic (exact) mass is 178 g/mol. The number of hydrogen-bond acceptors (Lipinski definition) is 2. The van der Waals surface area contributed by atoms with E-state index in [1.807, 2.05) is 6.07 Å². The van der Waals surface area contributed by atoms with Gasteiger partial charge in [0.25, 0.3) is 0 Å². The molecule has 0 unspecified atom stereocenters. The van der Waals surface area contributed by atoms with Crippen molar-refractivity contribution in [2.45, 2.75) is 25.3 Å². The van der Waals surface area contributed by atoms with Gasteiger partial charge in [-0.1, -0.05) is 18.9 Å². The van der Waals surface area contributed by atoms with Gasteiger partial charge in [0, 0.05) is 17.8 Å². The molecule has 0 aliphatic heterocycles. The highest BCUT2D eigenvalue weighted by molar-refractivity contribution is 5.08. The minimum Gasteiger partial charge on any atom is -0.325 e. The van der Waals surface area contributed by atoms with E-state index in [2.05, 4.69) is 4.98 Å². The number of rotatable bonds is 3. The van der Waals surface area contributed by atoms with E-state index in [-0.39, 0.29) is 11.6 Å². The minimum absolute atomic E-state index is 0.00130. The van der Waals surface area contributed by atoms with Crippen LogP contribution in [-0.4, -0.2) is 4.98 Å². The van der Waals surface area contributed by atoms with E-state index in [4.69, 9.17) is 5.73 Å². The van der Waals surface area contributed by atoms with Gasteiger partial charge in [-0.05, 0) is 18.4 Å². The van der Waals surface area contributed by atoms with Gasteiger partial charge in [0.1, 0.15) is 0 Å². The first-order valence-corrected chi connectivity index (χ1v) is 4.70. The molecule has 1 aliphatic rings. The second-order valence-corrected chi connectivity index (χ2v) is 3.76. The molecule has 1 fully saturated rings. The fraction of sp³-hybridized carbons (Fsp3) is 0.500. The Kier molecular flexibility index (Phi) is 2.19. The molecule has 1 aromatic heterocycles. The first-order chi connectivity index (χ1) is 6.25. The Balaban J connectivity index is 2.09. The van der Waals surface area contributed by atoms with E-state index in [0.717, 1.165) is 18.0 Å². The molecule has 1 heterocycles. The van der Waals surface area contributed by atoms with Crippen molar-refractivity contribution in [1.82, 2.24) is 4.98 Å². The predicted octanol–water partition coefficient (Wildman–Crippen LogP) is 1.17. The van der Waals surface area contributed by atoms with Crippen LogP contribution in [0.5, 0.6) is 0 Å². The summed E-state index contributed by atoms with van der Waals surface area (Å²) in [6.45, 7) is 0. The van der Waals surface area contributed by atoms with Crippen molar-refractivity contribution in [3.63, 3.8) is 0 Å². The fourth-order valence-corrected chi connectivity index (χ4v) is 1.52. The molecular weight excluding hydrogens is 164 g/mol. The summed E-state index contributed by atoms with van der Waals surface area (Å²) in [5, 5.41) is 0. The van der Waals surface area contributed by atoms with Crippen molar-refractivity contribution in [2.24, 2.45) is 11.7 Å². The summed E-state index contributed by atoms with van der Waals surface area (Å²) in [6, 6.07) is 5.14. The van der Waals surface area contributed by atoms with E-state index in [9.17, 15) is 4.79 Å². The van der Waals surface area contributed by atoms with Crippen LogP contribution in [-0.2, 0) is 0 Å². The van der Waals surface area contributed by atoms with Crippen molar-refractivity contribution < 1.29 is 0 Å². The average Bonchev–Trinajstić information content (AvgIpc) is 2.88. The van der Waals surface area contributed by atoms with Crippen LogP contribution in [0.15, 0.2) is 23.0 Å². The molecule has 0 saturated heterocycles. The molecule has 70 valence electrons. The Hall–Kier alpha value is -1.09. The summed E-state index contributed by atoms with van der Waals surface area (Å²) in [7, 11) is 0. The molecule has 0 spiro atoms. The van der Waals surface area contributed by atoms with Crippen LogP contribution in [0.4, 0.5) is 0 Å². The normalized spacial score (nSPS) is 18.5. The van der Waals surface area contributed by atoms with Crippen LogP contribution in [0.25, 0.3) is 0 Å². The van der Waals surface area contributed by atoms with Gasteiger partial charge in [-0.3, -0.25) is 4.79 Å². The number of nitrogens with one attached hydrogen (secondary N) is 1. The minimum atomic E-state index is -0.0660. The van der Waals surface area contributed by atoms with Crippen LogP contribution in [0, 0.1) is 5.92 Å². The van der Waals surface area contributed by atoms with E-state index in [1.165, 1.54) is 18.9 Å². The van der Waals surface area contributed by atoms with Crippen molar-refractivity contribution >= 4 is 0 Å². The molecular formula is C10H14N2O. The van der Waals surface area contributed by atoms with Gasteiger partial charge < -0.3 is 10.7 Å². The summed E-state index contributed by atoms with van der Waals surface area (Å²) in [5.74, 6) is 0.790. The number of nitrogens with two attached hydrogens (primary N) is 1. The maximum Gasteiger partial charge on any atom is 0.248 e. The highest BCUT2D eigenvalue weighted by Gasteiger charge is 2.24. The van der Waals surface area contributed by atoms with E-state index < -0.39 is 0 Å². The molecule has 13 heavy (non-hydrogen) atoms. The second-order valence-electron chi connectivity index (χ2n) is 3.76. The van der Waals surface area contributed by atoms with Gasteiger partial charge in [-0.25, -0.2) is 0 Å². The third kappa shape index (κ3) is 2.18.